The third-order valence-corrected chi connectivity index (χ3v) is 14.3. The summed E-state index contributed by atoms with van der Waals surface area (Å²) in [4.78, 5) is 57.8. The lowest BCUT2D eigenvalue weighted by Gasteiger charge is -2.31. The van der Waals surface area contributed by atoms with Gasteiger partial charge in [0.25, 0.3) is 5.91 Å². The van der Waals surface area contributed by atoms with E-state index >= 15 is 4.11 Å². The fraction of sp³-hybridized carbons (Fsp3) is 0.579. The summed E-state index contributed by atoms with van der Waals surface area (Å²) in [6.45, 7) is 7.23. The first-order valence-electron chi connectivity index (χ1n) is 18.8. The number of likely N-dealkylation sites (tertiary alicyclic amines) is 1. The summed E-state index contributed by atoms with van der Waals surface area (Å²) in [5.41, 5.74) is 0.860. The minimum Gasteiger partial charge on any atom is -0.394 e. The van der Waals surface area contributed by atoms with Gasteiger partial charge >= 0.3 is 0 Å². The molecule has 0 aliphatic carbocycles. The van der Waals surface area contributed by atoms with Crippen molar-refractivity contribution in [1.29, 1.82) is 0 Å². The summed E-state index contributed by atoms with van der Waals surface area (Å²) < 4.78 is 23.3. The average molecular weight is 735 g/mol. The molecule has 14 heteroatoms. The molecule has 5 heterocycles. The third-order valence-electron chi connectivity index (χ3n) is 11.8. The van der Waals surface area contributed by atoms with E-state index in [9.17, 15) is 24.3 Å². The zero-order valence-corrected chi connectivity index (χ0v) is 31.3. The van der Waals surface area contributed by atoms with Crippen LogP contribution in [0.15, 0.2) is 42.5 Å². The van der Waals surface area contributed by atoms with Gasteiger partial charge in [-0.05, 0) is 101 Å². The van der Waals surface area contributed by atoms with Crippen LogP contribution in [0, 0.1) is 5.92 Å². The van der Waals surface area contributed by atoms with Crippen molar-refractivity contribution in [2.45, 2.75) is 107 Å². The molecule has 5 aliphatic rings. The van der Waals surface area contributed by atoms with Gasteiger partial charge in [-0.25, -0.2) is 0 Å². The Kier molecular flexibility index (Phi) is 10.3. The molecule has 1 spiro atoms. The number of anilines is 3. The maximum absolute atomic E-state index is 16.5. The van der Waals surface area contributed by atoms with E-state index < -0.39 is 31.6 Å². The Balaban J connectivity index is 1.20. The van der Waals surface area contributed by atoms with E-state index in [1.165, 1.54) is 0 Å². The first-order valence-corrected chi connectivity index (χ1v) is 21.8. The highest BCUT2D eigenvalue weighted by molar-refractivity contribution is 6.72. The van der Waals surface area contributed by atoms with Gasteiger partial charge in [0, 0.05) is 34.9 Å². The van der Waals surface area contributed by atoms with Crippen molar-refractivity contribution in [3.63, 3.8) is 0 Å². The molecule has 5 aliphatic heterocycles. The molecule has 0 radical (unpaired) electrons. The largest absolute Gasteiger partial charge is 0.394 e. The summed E-state index contributed by atoms with van der Waals surface area (Å²) >= 11 is 0. The van der Waals surface area contributed by atoms with Crippen LogP contribution in [0.1, 0.15) is 63.0 Å². The molecule has 0 unspecified atom stereocenters. The molecule has 52 heavy (non-hydrogen) atoms. The molecular weight excluding hydrogens is 684 g/mol. The number of rotatable bonds is 10. The maximum Gasteiger partial charge on any atom is 0.264 e. The van der Waals surface area contributed by atoms with Crippen molar-refractivity contribution in [3.05, 3.63) is 53.6 Å². The Morgan fingerprint density at radius 3 is 2.19 bits per heavy atom. The molecule has 7 rings (SSSR count). The Labute approximate surface area is 305 Å². The summed E-state index contributed by atoms with van der Waals surface area (Å²) in [7, 11) is -3.54. The fourth-order valence-corrected chi connectivity index (χ4v) is 11.8. The number of ether oxygens (including phenoxy) is 1. The number of fused-ring (bicyclic) bond motifs is 2. The van der Waals surface area contributed by atoms with Crippen LogP contribution in [0.2, 0.25) is 18.6 Å². The van der Waals surface area contributed by atoms with E-state index in [-0.39, 0.29) is 61.3 Å². The number of carbonyl (C=O) groups is 4. The van der Waals surface area contributed by atoms with Crippen molar-refractivity contribution in [2.24, 2.45) is 5.92 Å². The molecule has 0 bridgehead atoms. The van der Waals surface area contributed by atoms with Crippen LogP contribution >= 0.6 is 0 Å². The number of nitrogens with zero attached hydrogens (tertiary/aromatic N) is 2. The number of aliphatic hydroxyl groups is 1. The van der Waals surface area contributed by atoms with Crippen LogP contribution in [0.4, 0.5) is 21.2 Å². The summed E-state index contributed by atoms with van der Waals surface area (Å²) in [6, 6.07) is 11.9. The van der Waals surface area contributed by atoms with Crippen molar-refractivity contribution in [3.8, 4) is 0 Å². The van der Waals surface area contributed by atoms with Gasteiger partial charge in [-0.15, -0.1) is 0 Å². The monoisotopic (exact) mass is 734 g/mol. The molecule has 2 aromatic rings. The first-order chi connectivity index (χ1) is 24.9. The summed E-state index contributed by atoms with van der Waals surface area (Å²) in [6.07, 6.45) is 3.94. The molecule has 0 saturated carbocycles. The topological polar surface area (TPSA) is 152 Å². The number of carbonyl (C=O) groups excluding carboxylic acids is 4. The molecule has 280 valence electrons. The van der Waals surface area contributed by atoms with E-state index in [2.05, 4.69) is 21.3 Å². The lowest BCUT2D eigenvalue weighted by molar-refractivity contribution is -0.150. The second-order valence-corrected chi connectivity index (χ2v) is 19.4. The SMILES string of the molecule is C[C@@H]1[C@@H]([Si](C)(C)F)[C@H](CC(=O)N2CCC[C@H]2CO)O[C@@]12C(=O)N(Cc1ccc(NC(=O)[C@H]3CCCN3)cc1)c1ccc(NC(=O)[C@H]3CCCN3)cc12. The normalized spacial score (nSPS) is 30.0. The van der Waals surface area contributed by atoms with Crippen LogP contribution in [-0.4, -0.2) is 92.5 Å². The molecule has 4 fully saturated rings. The Morgan fingerprint density at radius 2 is 1.60 bits per heavy atom. The highest BCUT2D eigenvalue weighted by Gasteiger charge is 2.67. The summed E-state index contributed by atoms with van der Waals surface area (Å²) in [5.74, 6) is -1.41. The molecule has 0 aromatic heterocycles. The van der Waals surface area contributed by atoms with Crippen molar-refractivity contribution >= 4 is 49.1 Å². The van der Waals surface area contributed by atoms with Gasteiger partial charge in [0.15, 0.2) is 5.60 Å². The van der Waals surface area contributed by atoms with Gasteiger partial charge in [0.2, 0.25) is 26.1 Å². The molecule has 5 N–H and O–H groups in total. The number of aliphatic hydroxyl groups excluding tert-OH is 1. The van der Waals surface area contributed by atoms with Gasteiger partial charge < -0.3 is 45.0 Å². The molecule has 7 atom stereocenters. The van der Waals surface area contributed by atoms with Crippen LogP contribution in [-0.2, 0) is 36.1 Å². The van der Waals surface area contributed by atoms with Crippen LogP contribution < -0.4 is 26.2 Å². The van der Waals surface area contributed by atoms with Crippen molar-refractivity contribution < 1.29 is 33.1 Å². The summed E-state index contributed by atoms with van der Waals surface area (Å²) in [5, 5.41) is 22.3. The number of hydrogen-bond acceptors (Lipinski definition) is 8. The lowest BCUT2D eigenvalue weighted by Crippen LogP contribution is -2.45. The van der Waals surface area contributed by atoms with E-state index in [4.69, 9.17) is 4.74 Å². The number of hydrogen-bond donors (Lipinski definition) is 5. The zero-order chi connectivity index (χ0) is 36.8. The molecular formula is C38H51FN6O6Si. The van der Waals surface area contributed by atoms with Gasteiger partial charge in [0.1, 0.15) is 0 Å². The average Bonchev–Trinajstić information content (AvgIpc) is 3.96. The highest BCUT2D eigenvalue weighted by atomic mass is 28.4. The van der Waals surface area contributed by atoms with Gasteiger partial charge in [0.05, 0.1) is 49.5 Å². The molecule has 12 nitrogen and oxygen atoms in total. The second kappa shape index (κ2) is 14.6. The van der Waals surface area contributed by atoms with Crippen LogP contribution in [0.5, 0.6) is 0 Å². The number of amides is 4. The van der Waals surface area contributed by atoms with Crippen LogP contribution in [0.3, 0.4) is 0 Å². The Bertz CT molecular complexity index is 1690. The predicted molar refractivity (Wildman–Crippen MR) is 198 cm³/mol. The van der Waals surface area contributed by atoms with E-state index in [0.717, 1.165) is 50.8 Å². The fourth-order valence-electron chi connectivity index (χ4n) is 9.28. The van der Waals surface area contributed by atoms with Gasteiger partial charge in [-0.2, -0.15) is 0 Å². The van der Waals surface area contributed by atoms with E-state index in [0.29, 0.717) is 35.6 Å². The standard InChI is InChI=1S/C38H51FN6O6Si/c1-23-34(52(2,3)39)32(20-33(47)44-18-6-7-27(44)22-46)51-38(23)28-19-26(43-36(49)30-9-5-17-41-30)14-15-31(28)45(37(38)50)21-24-10-12-25(13-11-24)42-35(48)29-8-4-16-40-29/h10-15,19,23,27,29-30,32,34,40-41,46H,4-9,16-18,20-22H2,1-3H3,(H,42,48)(H,43,49)/t23-,27+,29-,30-,32+,34-,38+/m1/s1. The molecule has 2 aromatic carbocycles. The van der Waals surface area contributed by atoms with E-state index in [1.807, 2.05) is 31.2 Å². The van der Waals surface area contributed by atoms with Crippen molar-refractivity contribution in [2.75, 3.05) is 41.8 Å². The molecule has 4 amide bonds. The third kappa shape index (κ3) is 6.79. The number of benzene rings is 2. The smallest absolute Gasteiger partial charge is 0.264 e. The Morgan fingerprint density at radius 1 is 0.962 bits per heavy atom. The zero-order valence-electron chi connectivity index (χ0n) is 30.3. The first kappa shape index (κ1) is 36.7. The molecule has 4 saturated heterocycles. The number of halogens is 1. The maximum atomic E-state index is 16.5. The van der Waals surface area contributed by atoms with E-state index in [1.54, 1.807) is 41.1 Å². The Hall–Kier alpha value is -3.69. The number of nitrogens with one attached hydrogen (secondary N) is 4. The minimum atomic E-state index is -3.54. The predicted octanol–water partition coefficient (Wildman–Crippen LogP) is 3.76. The quantitative estimate of drug-likeness (QED) is 0.183. The van der Waals surface area contributed by atoms with Gasteiger partial charge in [-0.3, -0.25) is 19.2 Å². The highest BCUT2D eigenvalue weighted by Crippen LogP contribution is 2.60. The van der Waals surface area contributed by atoms with Gasteiger partial charge in [-0.1, -0.05) is 19.1 Å². The lowest BCUT2D eigenvalue weighted by atomic mass is 9.82. The second-order valence-electron chi connectivity index (χ2n) is 15.6. The van der Waals surface area contributed by atoms with Crippen LogP contribution in [0.25, 0.3) is 0 Å². The van der Waals surface area contributed by atoms with Crippen molar-refractivity contribution in [1.82, 2.24) is 15.5 Å². The minimum absolute atomic E-state index is 0.0756.